The lowest BCUT2D eigenvalue weighted by molar-refractivity contribution is -0.0336. The van der Waals surface area contributed by atoms with E-state index < -0.39 is 17.1 Å². The fourth-order valence-corrected chi connectivity index (χ4v) is 3.58. The van der Waals surface area contributed by atoms with E-state index in [2.05, 4.69) is 5.32 Å². The Morgan fingerprint density at radius 3 is 2.80 bits per heavy atom. The van der Waals surface area contributed by atoms with E-state index in [0.717, 1.165) is 0 Å². The minimum Gasteiger partial charge on any atom is -0.387 e. The van der Waals surface area contributed by atoms with Crippen LogP contribution in [0.3, 0.4) is 0 Å². The standard InChI is InChI=1S/C16H22F3N3O2S/c1-21(2)10-15(24)7-4-8-22(11-15)14(23)20-12-5-3-6-13(9-12)25-16(17,18)19/h3,5-6,9,24H,4,7-8,10-11H2,1-2H3,(H,20,23). The average molecular weight is 377 g/mol. The van der Waals surface area contributed by atoms with Gasteiger partial charge in [0.15, 0.2) is 0 Å². The highest BCUT2D eigenvalue weighted by atomic mass is 32.2. The molecule has 0 bridgehead atoms. The van der Waals surface area contributed by atoms with E-state index in [1.54, 1.807) is 0 Å². The largest absolute Gasteiger partial charge is 0.446 e. The van der Waals surface area contributed by atoms with Gasteiger partial charge in [-0.2, -0.15) is 13.2 Å². The van der Waals surface area contributed by atoms with E-state index in [1.807, 2.05) is 19.0 Å². The molecule has 140 valence electrons. The Bertz CT molecular complexity index is 613. The maximum Gasteiger partial charge on any atom is 0.446 e. The van der Waals surface area contributed by atoms with E-state index in [9.17, 15) is 23.1 Å². The molecule has 0 radical (unpaired) electrons. The van der Waals surface area contributed by atoms with Crippen molar-refractivity contribution in [3.63, 3.8) is 0 Å². The summed E-state index contributed by atoms with van der Waals surface area (Å²) in [4.78, 5) is 15.8. The predicted molar refractivity (Wildman–Crippen MR) is 91.7 cm³/mol. The summed E-state index contributed by atoms with van der Waals surface area (Å²) in [5.74, 6) is 0. The van der Waals surface area contributed by atoms with E-state index in [4.69, 9.17) is 0 Å². The normalized spacial score (nSPS) is 21.5. The van der Waals surface area contributed by atoms with Crippen molar-refractivity contribution in [1.29, 1.82) is 0 Å². The number of anilines is 1. The van der Waals surface area contributed by atoms with Gasteiger partial charge in [-0.15, -0.1) is 0 Å². The minimum absolute atomic E-state index is 0.00746. The number of thioether (sulfide) groups is 1. The van der Waals surface area contributed by atoms with Gasteiger partial charge in [-0.25, -0.2) is 4.79 Å². The number of aliphatic hydroxyl groups is 1. The van der Waals surface area contributed by atoms with Crippen molar-refractivity contribution >= 4 is 23.5 Å². The van der Waals surface area contributed by atoms with Crippen molar-refractivity contribution in [2.75, 3.05) is 39.0 Å². The molecule has 9 heteroatoms. The topological polar surface area (TPSA) is 55.8 Å². The number of β-amino-alcohol motifs (C(OH)–C–C–N with tert-alkyl or cyclic N) is 1. The Balaban J connectivity index is 2.01. The number of urea groups is 1. The molecule has 0 aliphatic carbocycles. The number of piperidine rings is 1. The predicted octanol–water partition coefficient (Wildman–Crippen LogP) is 3.22. The van der Waals surface area contributed by atoms with Gasteiger partial charge in [0.05, 0.1) is 12.1 Å². The van der Waals surface area contributed by atoms with Gasteiger partial charge < -0.3 is 20.2 Å². The Morgan fingerprint density at radius 2 is 2.16 bits per heavy atom. The van der Waals surface area contributed by atoms with Crippen molar-refractivity contribution in [3.05, 3.63) is 24.3 Å². The second-order valence-electron chi connectivity index (χ2n) is 6.49. The number of hydrogen-bond donors (Lipinski definition) is 2. The molecule has 1 atom stereocenters. The van der Waals surface area contributed by atoms with Gasteiger partial charge in [0.2, 0.25) is 0 Å². The highest BCUT2D eigenvalue weighted by Gasteiger charge is 2.35. The lowest BCUT2D eigenvalue weighted by Gasteiger charge is -2.40. The van der Waals surface area contributed by atoms with Crippen LogP contribution in [-0.2, 0) is 0 Å². The second kappa shape index (κ2) is 7.84. The van der Waals surface area contributed by atoms with Gasteiger partial charge in [-0.1, -0.05) is 6.07 Å². The summed E-state index contributed by atoms with van der Waals surface area (Å²) in [7, 11) is 3.70. The van der Waals surface area contributed by atoms with Crippen LogP contribution in [0.25, 0.3) is 0 Å². The van der Waals surface area contributed by atoms with Crippen LogP contribution in [-0.4, -0.2) is 65.8 Å². The highest BCUT2D eigenvalue weighted by molar-refractivity contribution is 8.00. The molecular weight excluding hydrogens is 355 g/mol. The Kier molecular flexibility index (Phi) is 6.23. The summed E-state index contributed by atoms with van der Waals surface area (Å²) >= 11 is -0.226. The molecule has 2 N–H and O–H groups in total. The van der Waals surface area contributed by atoms with Gasteiger partial charge in [-0.3, -0.25) is 0 Å². The zero-order chi connectivity index (χ0) is 18.7. The quantitative estimate of drug-likeness (QED) is 0.791. The number of hydrogen-bond acceptors (Lipinski definition) is 4. The molecular formula is C16H22F3N3O2S. The molecule has 2 amide bonds. The Morgan fingerprint density at radius 1 is 1.44 bits per heavy atom. The van der Waals surface area contributed by atoms with Gasteiger partial charge in [0.1, 0.15) is 0 Å². The first-order valence-corrected chi connectivity index (χ1v) is 8.67. The Hall–Kier alpha value is -1.45. The van der Waals surface area contributed by atoms with Gasteiger partial charge >= 0.3 is 11.5 Å². The third-order valence-corrected chi connectivity index (χ3v) is 4.49. The molecule has 0 saturated carbocycles. The first-order chi connectivity index (χ1) is 11.6. The number of likely N-dealkylation sites (tertiary alicyclic amines) is 1. The molecule has 1 aliphatic rings. The lowest BCUT2D eigenvalue weighted by atomic mass is 9.92. The van der Waals surface area contributed by atoms with Gasteiger partial charge in [-0.05, 0) is 56.9 Å². The number of nitrogens with one attached hydrogen (secondary N) is 1. The molecule has 1 unspecified atom stereocenters. The molecule has 1 saturated heterocycles. The summed E-state index contributed by atoms with van der Waals surface area (Å²) in [5.41, 5.74) is -5.06. The van der Waals surface area contributed by atoms with E-state index >= 15 is 0 Å². The number of alkyl halides is 3. The molecule has 2 rings (SSSR count). The third-order valence-electron chi connectivity index (χ3n) is 3.77. The van der Waals surface area contributed by atoms with Crippen LogP contribution >= 0.6 is 11.8 Å². The smallest absolute Gasteiger partial charge is 0.387 e. The highest BCUT2D eigenvalue weighted by Crippen LogP contribution is 2.37. The molecule has 1 aliphatic heterocycles. The number of likely N-dealkylation sites (N-methyl/N-ethyl adjacent to an activating group) is 1. The number of carbonyl (C=O) groups is 1. The van der Waals surface area contributed by atoms with Gasteiger partial charge in [0.25, 0.3) is 0 Å². The van der Waals surface area contributed by atoms with Crippen LogP contribution in [0.4, 0.5) is 23.7 Å². The summed E-state index contributed by atoms with van der Waals surface area (Å²) in [5, 5.41) is 13.2. The number of rotatable bonds is 4. The van der Waals surface area contributed by atoms with Crippen LogP contribution in [0.2, 0.25) is 0 Å². The number of nitrogens with zero attached hydrogens (tertiary/aromatic N) is 2. The van der Waals surface area contributed by atoms with E-state index in [1.165, 1.54) is 29.2 Å². The van der Waals surface area contributed by atoms with Crippen LogP contribution in [0.15, 0.2) is 29.2 Å². The van der Waals surface area contributed by atoms with Crippen LogP contribution < -0.4 is 5.32 Å². The zero-order valence-electron chi connectivity index (χ0n) is 14.1. The van der Waals surface area contributed by atoms with E-state index in [0.29, 0.717) is 31.6 Å². The molecule has 25 heavy (non-hydrogen) atoms. The van der Waals surface area contributed by atoms with Crippen molar-refractivity contribution in [1.82, 2.24) is 9.80 Å². The molecule has 1 fully saturated rings. The average Bonchev–Trinajstić information content (AvgIpc) is 2.44. The first-order valence-electron chi connectivity index (χ1n) is 7.85. The lowest BCUT2D eigenvalue weighted by Crippen LogP contribution is -2.55. The molecule has 0 spiro atoms. The van der Waals surface area contributed by atoms with Gasteiger partial charge in [0, 0.05) is 23.7 Å². The fraction of sp³-hybridized carbons (Fsp3) is 0.562. The van der Waals surface area contributed by atoms with Crippen molar-refractivity contribution in [2.45, 2.75) is 28.8 Å². The molecule has 1 aromatic carbocycles. The Labute approximate surface area is 149 Å². The summed E-state index contributed by atoms with van der Waals surface area (Å²) in [6.45, 7) is 1.13. The van der Waals surface area contributed by atoms with Crippen LogP contribution in [0, 0.1) is 0 Å². The number of benzene rings is 1. The van der Waals surface area contributed by atoms with Crippen molar-refractivity contribution in [3.8, 4) is 0 Å². The zero-order valence-corrected chi connectivity index (χ0v) is 15.0. The number of carbonyl (C=O) groups excluding carboxylic acids is 1. The molecule has 5 nitrogen and oxygen atoms in total. The monoisotopic (exact) mass is 377 g/mol. The first kappa shape index (κ1) is 19.9. The molecule has 1 aromatic rings. The molecule has 1 heterocycles. The number of amides is 2. The number of halogens is 3. The van der Waals surface area contributed by atoms with E-state index in [-0.39, 0.29) is 23.2 Å². The SMILES string of the molecule is CN(C)CC1(O)CCCN(C(=O)Nc2cccc(SC(F)(F)F)c2)C1. The summed E-state index contributed by atoms with van der Waals surface area (Å²) < 4.78 is 37.4. The summed E-state index contributed by atoms with van der Waals surface area (Å²) in [6, 6.07) is 5.19. The second-order valence-corrected chi connectivity index (χ2v) is 7.63. The molecule has 0 aromatic heterocycles. The van der Waals surface area contributed by atoms with Crippen LogP contribution in [0.1, 0.15) is 12.8 Å². The fourth-order valence-electron chi connectivity index (χ4n) is 2.98. The minimum atomic E-state index is -4.38. The third kappa shape index (κ3) is 6.41. The maximum absolute atomic E-state index is 12.5. The maximum atomic E-state index is 12.5. The van der Waals surface area contributed by atoms with Crippen LogP contribution in [0.5, 0.6) is 0 Å². The van der Waals surface area contributed by atoms with Crippen molar-refractivity contribution < 1.29 is 23.1 Å². The van der Waals surface area contributed by atoms with Crippen molar-refractivity contribution in [2.24, 2.45) is 0 Å². The summed E-state index contributed by atoms with van der Waals surface area (Å²) in [6.07, 6.45) is 1.27.